The molecule has 0 amide bonds. The Kier molecular flexibility index (Phi) is 18.7. The first kappa shape index (κ1) is 24.0. The Morgan fingerprint density at radius 3 is 1.20 bits per heavy atom. The van der Waals surface area contributed by atoms with Gasteiger partial charge in [-0.05, 0) is 0 Å². The second-order valence-electron chi connectivity index (χ2n) is 3.00. The van der Waals surface area contributed by atoms with Crippen LogP contribution >= 0.6 is 0 Å². The summed E-state index contributed by atoms with van der Waals surface area (Å²) in [6.45, 7) is 0. The molecule has 2 aromatic carbocycles. The standard InChI is InChI=1S/C12H10Se2.2Na.H2O3Se/c1-3-7-11(8-4-1)13-14-12-9-5-2-6-10-12;;;1-4(2)3/h1-10H;;;(H2,1,2,3)/q;2*+1;/p-2. The summed E-state index contributed by atoms with van der Waals surface area (Å²) in [6.07, 6.45) is 0. The van der Waals surface area contributed by atoms with Crippen LogP contribution in [0.5, 0.6) is 0 Å². The van der Waals surface area contributed by atoms with E-state index in [-0.39, 0.29) is 59.1 Å². The van der Waals surface area contributed by atoms with Gasteiger partial charge in [0, 0.05) is 0 Å². The van der Waals surface area contributed by atoms with Gasteiger partial charge in [0.1, 0.15) is 0 Å². The third-order valence-corrected chi connectivity index (χ3v) is 8.95. The van der Waals surface area contributed by atoms with E-state index in [0.29, 0.717) is 26.3 Å². The Balaban J connectivity index is 0. The number of hydrogen-bond donors (Lipinski definition) is 0. The molecule has 0 aliphatic heterocycles. The van der Waals surface area contributed by atoms with Crippen LogP contribution in [0.15, 0.2) is 60.7 Å². The number of rotatable bonds is 3. The molecule has 3 nitrogen and oxygen atoms in total. The molecule has 0 aromatic heterocycles. The van der Waals surface area contributed by atoms with Gasteiger partial charge in [-0.15, -0.1) is 0 Å². The molecule has 0 spiro atoms. The fraction of sp³-hybridized carbons (Fsp3) is 0. The molecule has 20 heavy (non-hydrogen) atoms. The molecule has 96 valence electrons. The van der Waals surface area contributed by atoms with Crippen molar-refractivity contribution in [3.63, 3.8) is 0 Å². The first-order valence-electron chi connectivity index (χ1n) is 4.90. The second-order valence-corrected chi connectivity index (χ2v) is 10.2. The van der Waals surface area contributed by atoms with Crippen molar-refractivity contribution in [1.82, 2.24) is 0 Å². The minimum atomic E-state index is -3.79. The molecule has 0 saturated heterocycles. The van der Waals surface area contributed by atoms with Crippen LogP contribution in [0.2, 0.25) is 0 Å². The van der Waals surface area contributed by atoms with E-state index in [4.69, 9.17) is 12.2 Å². The van der Waals surface area contributed by atoms with Crippen LogP contribution in [-0.4, -0.2) is 40.8 Å². The fourth-order valence-electron chi connectivity index (χ4n) is 1.05. The molecule has 0 aliphatic carbocycles. The van der Waals surface area contributed by atoms with Crippen molar-refractivity contribution in [2.75, 3.05) is 0 Å². The molecule has 0 heterocycles. The van der Waals surface area contributed by atoms with Crippen LogP contribution < -0.4 is 76.4 Å². The molecular weight excluding hydrogens is 475 g/mol. The van der Waals surface area contributed by atoms with Crippen LogP contribution in [0.3, 0.4) is 0 Å². The van der Waals surface area contributed by atoms with Crippen molar-refractivity contribution in [2.45, 2.75) is 0 Å². The zero-order valence-electron chi connectivity index (χ0n) is 11.2. The summed E-state index contributed by atoms with van der Waals surface area (Å²) in [4.78, 5) is 0. The Morgan fingerprint density at radius 2 is 0.950 bits per heavy atom. The van der Waals surface area contributed by atoms with E-state index in [1.807, 2.05) is 0 Å². The van der Waals surface area contributed by atoms with E-state index >= 15 is 0 Å². The normalized spacial score (nSPS) is 8.75. The maximum atomic E-state index is 8.54. The molecule has 0 N–H and O–H groups in total. The molecule has 0 bridgehead atoms. The van der Waals surface area contributed by atoms with Crippen LogP contribution in [0.25, 0.3) is 0 Å². The molecular formula is C12H10Na2O3Se3. The van der Waals surface area contributed by atoms with Crippen molar-refractivity contribution in [3.05, 3.63) is 60.7 Å². The van der Waals surface area contributed by atoms with Crippen molar-refractivity contribution >= 4 is 49.7 Å². The summed E-state index contributed by atoms with van der Waals surface area (Å²) in [5.74, 6) is 0. The zero-order valence-corrected chi connectivity index (χ0v) is 20.4. The zero-order chi connectivity index (χ0) is 13.2. The summed E-state index contributed by atoms with van der Waals surface area (Å²) in [5, 5.41) is 0. The first-order chi connectivity index (χ1) is 8.68. The summed E-state index contributed by atoms with van der Waals surface area (Å²) in [6, 6.07) is 21.6. The summed E-state index contributed by atoms with van der Waals surface area (Å²) >= 11 is -2.52. The van der Waals surface area contributed by atoms with Gasteiger partial charge in [-0.25, -0.2) is 0 Å². The summed E-state index contributed by atoms with van der Waals surface area (Å²) in [5.41, 5.74) is 0. The summed E-state index contributed by atoms with van der Waals surface area (Å²) < 4.78 is 28.6. The van der Waals surface area contributed by atoms with Crippen molar-refractivity contribution < 1.29 is 71.3 Å². The molecule has 0 radical (unpaired) electrons. The summed E-state index contributed by atoms with van der Waals surface area (Å²) in [7, 11) is 0. The first-order valence-corrected chi connectivity index (χ1v) is 13.0. The van der Waals surface area contributed by atoms with Gasteiger partial charge in [0.25, 0.3) is 0 Å². The molecule has 8 heteroatoms. The van der Waals surface area contributed by atoms with Gasteiger partial charge in [0.2, 0.25) is 0 Å². The predicted molar refractivity (Wildman–Crippen MR) is 70.1 cm³/mol. The van der Waals surface area contributed by atoms with E-state index in [0.717, 1.165) is 0 Å². The van der Waals surface area contributed by atoms with E-state index < -0.39 is 14.5 Å². The van der Waals surface area contributed by atoms with Crippen molar-refractivity contribution in [3.8, 4) is 0 Å². The van der Waals surface area contributed by atoms with Gasteiger partial charge in [-0.2, -0.15) is 0 Å². The monoisotopic (exact) mass is 488 g/mol. The molecule has 0 atom stereocenters. The average Bonchev–Trinajstić information content (AvgIpc) is 2.38. The molecule has 2 rings (SSSR count). The molecule has 0 unspecified atom stereocenters. The molecule has 0 saturated carbocycles. The topological polar surface area (TPSA) is 63.2 Å². The van der Waals surface area contributed by atoms with Crippen LogP contribution in [0.1, 0.15) is 0 Å². The Hall–Kier alpha value is 1.72. The fourth-order valence-corrected chi connectivity index (χ4v) is 7.10. The third kappa shape index (κ3) is 13.4. The van der Waals surface area contributed by atoms with Crippen LogP contribution in [-0.2, 0) is 3.83 Å². The molecule has 0 fully saturated rings. The second kappa shape index (κ2) is 15.6. The number of hydrogen-bond acceptors (Lipinski definition) is 3. The van der Waals surface area contributed by atoms with Crippen molar-refractivity contribution in [2.24, 2.45) is 0 Å². The van der Waals surface area contributed by atoms with Crippen LogP contribution in [0.4, 0.5) is 0 Å². The SMILES string of the molecule is O=[Se]([O-])[O-].[Na+].[Na+].c1ccc([Se][Se]c2ccccc2)cc1. The Morgan fingerprint density at radius 1 is 0.700 bits per heavy atom. The van der Waals surface area contributed by atoms with Gasteiger partial charge < -0.3 is 0 Å². The third-order valence-electron chi connectivity index (χ3n) is 1.72. The Bertz CT molecular complexity index is 428. The van der Waals surface area contributed by atoms with Gasteiger partial charge in [-0.3, -0.25) is 0 Å². The quantitative estimate of drug-likeness (QED) is 0.407. The average molecular weight is 485 g/mol. The van der Waals surface area contributed by atoms with Crippen LogP contribution in [0, 0.1) is 0 Å². The van der Waals surface area contributed by atoms with Crippen molar-refractivity contribution in [1.29, 1.82) is 0 Å². The molecule has 0 aliphatic rings. The van der Waals surface area contributed by atoms with E-state index in [2.05, 4.69) is 60.7 Å². The predicted octanol–water partition coefficient (Wildman–Crippen LogP) is -7.91. The van der Waals surface area contributed by atoms with Gasteiger partial charge >= 0.3 is 182 Å². The molecule has 2 aromatic rings. The Labute approximate surface area is 179 Å². The van der Waals surface area contributed by atoms with E-state index in [1.54, 1.807) is 0 Å². The van der Waals surface area contributed by atoms with E-state index in [9.17, 15) is 0 Å². The van der Waals surface area contributed by atoms with E-state index in [1.165, 1.54) is 8.92 Å². The van der Waals surface area contributed by atoms with Gasteiger partial charge in [0.15, 0.2) is 0 Å². The maximum absolute atomic E-state index is 8.54. The van der Waals surface area contributed by atoms with Gasteiger partial charge in [0.05, 0.1) is 0 Å². The minimum absolute atomic E-state index is 0. The van der Waals surface area contributed by atoms with Gasteiger partial charge in [-0.1, -0.05) is 0 Å². The number of benzene rings is 2.